The molecule has 0 unspecified atom stereocenters. The zero-order valence-corrected chi connectivity index (χ0v) is 12.4. The number of ether oxygens (including phenoxy) is 1. The topological polar surface area (TPSA) is 67.7 Å². The molecule has 2 saturated heterocycles. The molecule has 3 rings (SSSR count). The third-order valence-electron chi connectivity index (χ3n) is 4.32. The van der Waals surface area contributed by atoms with Gasteiger partial charge >= 0.3 is 0 Å². The number of carbonyl (C=O) groups excluding carboxylic acids is 2. The van der Waals surface area contributed by atoms with E-state index in [4.69, 9.17) is 4.74 Å². The summed E-state index contributed by atoms with van der Waals surface area (Å²) >= 11 is 0. The quantitative estimate of drug-likeness (QED) is 0.768. The Morgan fingerprint density at radius 2 is 2.33 bits per heavy atom. The Kier molecular flexibility index (Phi) is 3.67. The number of likely N-dealkylation sites (N-methyl/N-ethyl adjacent to an activating group) is 1. The lowest BCUT2D eigenvalue weighted by Crippen LogP contribution is -2.61. The van der Waals surface area contributed by atoms with Crippen LogP contribution in [-0.2, 0) is 16.1 Å². The minimum absolute atomic E-state index is 0.0237. The number of piperidine rings is 1. The van der Waals surface area contributed by atoms with Crippen LogP contribution in [0.1, 0.15) is 23.7 Å². The van der Waals surface area contributed by atoms with Crippen LogP contribution in [0.2, 0.25) is 0 Å². The molecule has 0 aliphatic carbocycles. The van der Waals surface area contributed by atoms with Gasteiger partial charge in [0.25, 0.3) is 5.91 Å². The van der Waals surface area contributed by atoms with E-state index in [0.29, 0.717) is 18.7 Å². The summed E-state index contributed by atoms with van der Waals surface area (Å²) in [6.07, 6.45) is 4.16. The molecule has 0 N–H and O–H groups in total. The van der Waals surface area contributed by atoms with E-state index in [-0.39, 0.29) is 30.6 Å². The van der Waals surface area contributed by atoms with Crippen molar-refractivity contribution < 1.29 is 14.3 Å². The highest BCUT2D eigenvalue weighted by Crippen LogP contribution is 2.23. The first kappa shape index (κ1) is 14.1. The molecule has 2 fully saturated rings. The highest BCUT2D eigenvalue weighted by Gasteiger charge is 2.40. The second-order valence-electron chi connectivity index (χ2n) is 5.55. The number of carbonyl (C=O) groups is 2. The number of aryl methyl sites for hydroxylation is 1. The van der Waals surface area contributed by atoms with Crippen molar-refractivity contribution in [3.05, 3.63) is 18.0 Å². The van der Waals surface area contributed by atoms with E-state index in [1.165, 1.54) is 0 Å². The summed E-state index contributed by atoms with van der Waals surface area (Å²) in [6.45, 7) is 4.03. The zero-order chi connectivity index (χ0) is 15.0. The Balaban J connectivity index is 1.72. The molecule has 2 amide bonds. The van der Waals surface area contributed by atoms with Crippen LogP contribution < -0.4 is 0 Å². The molecule has 0 spiro atoms. The molecular formula is C14H20N4O3. The summed E-state index contributed by atoms with van der Waals surface area (Å²) in [5.41, 5.74) is 0.598. The number of aromatic nitrogens is 2. The monoisotopic (exact) mass is 292 g/mol. The minimum Gasteiger partial charge on any atom is -0.366 e. The van der Waals surface area contributed by atoms with Gasteiger partial charge in [-0.1, -0.05) is 0 Å². The van der Waals surface area contributed by atoms with Crippen LogP contribution in [0.25, 0.3) is 0 Å². The fourth-order valence-electron chi connectivity index (χ4n) is 2.96. The lowest BCUT2D eigenvalue weighted by atomic mass is 9.98. The number of fused-ring (bicyclic) bond motifs is 1. The maximum Gasteiger partial charge on any atom is 0.257 e. The van der Waals surface area contributed by atoms with Gasteiger partial charge in [0.2, 0.25) is 5.91 Å². The first-order valence-corrected chi connectivity index (χ1v) is 7.29. The smallest absolute Gasteiger partial charge is 0.257 e. The van der Waals surface area contributed by atoms with Gasteiger partial charge < -0.3 is 14.5 Å². The predicted molar refractivity (Wildman–Crippen MR) is 74.7 cm³/mol. The standard InChI is InChI=1S/C14H20N4O3/c1-3-18-7-10(6-15-18)14(20)17-5-4-12-11(8-17)16(2)13(19)9-21-12/h6-7,11-12H,3-5,8-9H2,1-2H3/t11-,12+/m0/s1. The maximum absolute atomic E-state index is 12.5. The maximum atomic E-state index is 12.5. The molecule has 3 heterocycles. The Bertz CT molecular complexity index is 556. The number of amides is 2. The molecule has 1 aromatic heterocycles. The van der Waals surface area contributed by atoms with Crippen LogP contribution in [0.5, 0.6) is 0 Å². The molecule has 0 bridgehead atoms. The van der Waals surface area contributed by atoms with Crippen molar-refractivity contribution in [2.24, 2.45) is 0 Å². The van der Waals surface area contributed by atoms with E-state index < -0.39 is 0 Å². The first-order valence-electron chi connectivity index (χ1n) is 7.29. The predicted octanol–water partition coefficient (Wildman–Crippen LogP) is -0.0253. The van der Waals surface area contributed by atoms with Gasteiger partial charge in [0, 0.05) is 32.9 Å². The van der Waals surface area contributed by atoms with Gasteiger partial charge in [-0.25, -0.2) is 0 Å². The molecule has 21 heavy (non-hydrogen) atoms. The number of hydrogen-bond acceptors (Lipinski definition) is 4. The summed E-state index contributed by atoms with van der Waals surface area (Å²) in [4.78, 5) is 27.7. The summed E-state index contributed by atoms with van der Waals surface area (Å²) in [6, 6.07) is -0.0508. The van der Waals surface area contributed by atoms with Crippen LogP contribution in [0.3, 0.4) is 0 Å². The molecule has 2 aliphatic rings. The Hall–Kier alpha value is -1.89. The van der Waals surface area contributed by atoms with E-state index in [0.717, 1.165) is 13.0 Å². The lowest BCUT2D eigenvalue weighted by molar-refractivity contribution is -0.159. The molecule has 7 heteroatoms. The lowest BCUT2D eigenvalue weighted by Gasteiger charge is -2.45. The van der Waals surface area contributed by atoms with Crippen LogP contribution in [0.4, 0.5) is 0 Å². The number of hydrogen-bond donors (Lipinski definition) is 0. The average molecular weight is 292 g/mol. The first-order chi connectivity index (χ1) is 10.1. The minimum atomic E-state index is -0.0508. The van der Waals surface area contributed by atoms with Crippen LogP contribution in [0, 0.1) is 0 Å². The van der Waals surface area contributed by atoms with E-state index >= 15 is 0 Å². The van der Waals surface area contributed by atoms with Gasteiger partial charge in [-0.2, -0.15) is 5.10 Å². The number of morpholine rings is 1. The molecule has 114 valence electrons. The highest BCUT2D eigenvalue weighted by molar-refractivity contribution is 5.94. The third-order valence-corrected chi connectivity index (χ3v) is 4.32. The molecular weight excluding hydrogens is 272 g/mol. The van der Waals surface area contributed by atoms with Crippen LogP contribution in [-0.4, -0.2) is 70.3 Å². The molecule has 0 saturated carbocycles. The Morgan fingerprint density at radius 3 is 3.05 bits per heavy atom. The van der Waals surface area contributed by atoms with Crippen molar-refractivity contribution in [2.75, 3.05) is 26.7 Å². The Labute approximate surface area is 123 Å². The molecule has 2 atom stereocenters. The summed E-state index contributed by atoms with van der Waals surface area (Å²) in [5.74, 6) is -0.0519. The van der Waals surface area contributed by atoms with Crippen LogP contribution >= 0.6 is 0 Å². The third kappa shape index (κ3) is 2.53. The van der Waals surface area contributed by atoms with E-state index in [2.05, 4.69) is 5.10 Å². The van der Waals surface area contributed by atoms with Crippen molar-refractivity contribution in [1.82, 2.24) is 19.6 Å². The van der Waals surface area contributed by atoms with Gasteiger partial charge in [-0.15, -0.1) is 0 Å². The van der Waals surface area contributed by atoms with Gasteiger partial charge in [0.05, 0.1) is 23.9 Å². The molecule has 2 aliphatic heterocycles. The van der Waals surface area contributed by atoms with Crippen molar-refractivity contribution >= 4 is 11.8 Å². The zero-order valence-electron chi connectivity index (χ0n) is 12.4. The second kappa shape index (κ2) is 5.48. The van der Waals surface area contributed by atoms with E-state index in [9.17, 15) is 9.59 Å². The van der Waals surface area contributed by atoms with Gasteiger partial charge in [-0.3, -0.25) is 14.3 Å². The summed E-state index contributed by atoms with van der Waals surface area (Å²) < 4.78 is 7.31. The molecule has 0 radical (unpaired) electrons. The largest absolute Gasteiger partial charge is 0.366 e. The van der Waals surface area contributed by atoms with Gasteiger partial charge in [0.15, 0.2) is 0 Å². The fourth-order valence-corrected chi connectivity index (χ4v) is 2.96. The van der Waals surface area contributed by atoms with Gasteiger partial charge in [-0.05, 0) is 13.3 Å². The van der Waals surface area contributed by atoms with Crippen LogP contribution in [0.15, 0.2) is 12.4 Å². The van der Waals surface area contributed by atoms with Gasteiger partial charge in [0.1, 0.15) is 6.61 Å². The van der Waals surface area contributed by atoms with Crippen molar-refractivity contribution in [3.8, 4) is 0 Å². The number of rotatable bonds is 2. The average Bonchev–Trinajstić information content (AvgIpc) is 2.99. The van der Waals surface area contributed by atoms with Crippen molar-refractivity contribution in [1.29, 1.82) is 0 Å². The Morgan fingerprint density at radius 1 is 1.52 bits per heavy atom. The fraction of sp³-hybridized carbons (Fsp3) is 0.643. The molecule has 7 nitrogen and oxygen atoms in total. The van der Waals surface area contributed by atoms with E-state index in [1.807, 2.05) is 6.92 Å². The SMILES string of the molecule is CCn1cc(C(=O)N2CC[C@H]3OCC(=O)N(C)[C@H]3C2)cn1. The van der Waals surface area contributed by atoms with Crippen molar-refractivity contribution in [3.63, 3.8) is 0 Å². The van der Waals surface area contributed by atoms with E-state index in [1.54, 1.807) is 33.9 Å². The molecule has 0 aromatic carbocycles. The highest BCUT2D eigenvalue weighted by atomic mass is 16.5. The number of likely N-dealkylation sites (tertiary alicyclic amines) is 1. The van der Waals surface area contributed by atoms with Crippen molar-refractivity contribution in [2.45, 2.75) is 32.0 Å². The summed E-state index contributed by atoms with van der Waals surface area (Å²) in [7, 11) is 1.78. The normalized spacial score (nSPS) is 25.9. The molecule has 1 aromatic rings. The second-order valence-corrected chi connectivity index (χ2v) is 5.55. The number of nitrogens with zero attached hydrogens (tertiary/aromatic N) is 4. The summed E-state index contributed by atoms with van der Waals surface area (Å²) in [5, 5.41) is 4.14.